The third kappa shape index (κ3) is 9.88. The van der Waals surface area contributed by atoms with Gasteiger partial charge in [0.05, 0.1) is 11.2 Å². The third-order valence-electron chi connectivity index (χ3n) is 6.37. The van der Waals surface area contributed by atoms with Crippen LogP contribution in [0.3, 0.4) is 0 Å². The Morgan fingerprint density at radius 1 is 1.00 bits per heavy atom. The van der Waals surface area contributed by atoms with Crippen molar-refractivity contribution in [3.8, 4) is 0 Å². The SMILES string of the molecule is C=C(/C(N=C(C)c1ccc(CC)c(F)c1)=C(/C)Cl)N1CCCCC1.CC.CC.Cc1cc2cn(C)nc2cc1F. The average molecular weight is 573 g/mol. The molecule has 1 saturated heterocycles. The summed E-state index contributed by atoms with van der Waals surface area (Å²) < 4.78 is 28.7. The third-order valence-corrected chi connectivity index (χ3v) is 6.55. The number of likely N-dealkylation sites (tertiary alicyclic amines) is 1. The van der Waals surface area contributed by atoms with Crippen LogP contribution in [-0.2, 0) is 13.5 Å². The van der Waals surface area contributed by atoms with Crippen LogP contribution in [0.15, 0.2) is 64.5 Å². The molecular formula is C33H47ClF2N4. The molecule has 4 rings (SSSR count). The lowest BCUT2D eigenvalue weighted by Crippen LogP contribution is -2.29. The Balaban J connectivity index is 0.000000416. The molecule has 0 saturated carbocycles. The van der Waals surface area contributed by atoms with Crippen LogP contribution in [0, 0.1) is 18.6 Å². The van der Waals surface area contributed by atoms with Crippen LogP contribution in [0.2, 0.25) is 0 Å². The van der Waals surface area contributed by atoms with E-state index in [2.05, 4.69) is 21.6 Å². The normalized spacial score (nSPS) is 13.7. The fraction of sp³-hybridized carbons (Fsp3) is 0.455. The maximum atomic E-state index is 14.0. The van der Waals surface area contributed by atoms with E-state index in [9.17, 15) is 8.78 Å². The van der Waals surface area contributed by atoms with Crippen LogP contribution in [0.25, 0.3) is 10.9 Å². The lowest BCUT2D eigenvalue weighted by atomic mass is 10.1. The minimum Gasteiger partial charge on any atom is -0.370 e. The highest BCUT2D eigenvalue weighted by Gasteiger charge is 2.17. The number of halogens is 3. The molecule has 3 aromatic rings. The van der Waals surface area contributed by atoms with Crippen LogP contribution in [-0.4, -0.2) is 33.5 Å². The van der Waals surface area contributed by atoms with Gasteiger partial charge in [0.1, 0.15) is 17.3 Å². The van der Waals surface area contributed by atoms with E-state index in [-0.39, 0.29) is 11.6 Å². The van der Waals surface area contributed by atoms with Crippen LogP contribution < -0.4 is 0 Å². The van der Waals surface area contributed by atoms with E-state index in [0.29, 0.717) is 33.8 Å². The maximum absolute atomic E-state index is 14.0. The summed E-state index contributed by atoms with van der Waals surface area (Å²) in [6, 6.07) is 8.54. The van der Waals surface area contributed by atoms with Gasteiger partial charge in [-0.25, -0.2) is 13.8 Å². The second-order valence-electron chi connectivity index (χ2n) is 9.20. The van der Waals surface area contributed by atoms with Crippen molar-refractivity contribution < 1.29 is 8.78 Å². The van der Waals surface area contributed by atoms with Crippen LogP contribution in [0.1, 0.15) is 84.4 Å². The van der Waals surface area contributed by atoms with Gasteiger partial charge in [0.15, 0.2) is 0 Å². The highest BCUT2D eigenvalue weighted by Crippen LogP contribution is 2.25. The molecule has 0 bridgehead atoms. The van der Waals surface area contributed by atoms with Gasteiger partial charge in [0.25, 0.3) is 0 Å². The molecule has 1 aliphatic heterocycles. The van der Waals surface area contributed by atoms with Gasteiger partial charge in [0.2, 0.25) is 0 Å². The fourth-order valence-electron chi connectivity index (χ4n) is 4.23. The molecule has 0 radical (unpaired) electrons. The second-order valence-corrected chi connectivity index (χ2v) is 9.76. The van der Waals surface area contributed by atoms with Crippen molar-refractivity contribution in [3.05, 3.63) is 87.9 Å². The lowest BCUT2D eigenvalue weighted by Gasteiger charge is -2.30. The first-order chi connectivity index (χ1) is 19.1. The van der Waals surface area contributed by atoms with Gasteiger partial charge in [0, 0.05) is 48.5 Å². The molecule has 7 heteroatoms. The van der Waals surface area contributed by atoms with Crippen molar-refractivity contribution in [2.24, 2.45) is 12.0 Å². The quantitative estimate of drug-likeness (QED) is 0.225. The molecule has 1 fully saturated rings. The summed E-state index contributed by atoms with van der Waals surface area (Å²) in [5.41, 5.74) is 5.14. The summed E-state index contributed by atoms with van der Waals surface area (Å²) >= 11 is 6.28. The summed E-state index contributed by atoms with van der Waals surface area (Å²) in [7, 11) is 1.83. The van der Waals surface area contributed by atoms with E-state index in [0.717, 1.165) is 35.4 Å². The summed E-state index contributed by atoms with van der Waals surface area (Å²) in [4.78, 5) is 6.91. The van der Waals surface area contributed by atoms with Crippen molar-refractivity contribution in [2.45, 2.75) is 81.1 Å². The minimum absolute atomic E-state index is 0.187. The van der Waals surface area contributed by atoms with Gasteiger partial charge in [-0.15, -0.1) is 0 Å². The van der Waals surface area contributed by atoms with Crippen molar-refractivity contribution in [1.29, 1.82) is 0 Å². The predicted molar refractivity (Wildman–Crippen MR) is 169 cm³/mol. The van der Waals surface area contributed by atoms with E-state index in [1.165, 1.54) is 25.3 Å². The van der Waals surface area contributed by atoms with Crippen molar-refractivity contribution >= 4 is 28.2 Å². The van der Waals surface area contributed by atoms with Crippen molar-refractivity contribution in [3.63, 3.8) is 0 Å². The smallest absolute Gasteiger partial charge is 0.128 e. The minimum atomic E-state index is -0.193. The number of allylic oxidation sites excluding steroid dienone is 1. The number of aliphatic imine (C=N–C) groups is 1. The molecular weight excluding hydrogens is 526 g/mol. The van der Waals surface area contributed by atoms with Crippen LogP contribution in [0.5, 0.6) is 0 Å². The fourth-order valence-corrected chi connectivity index (χ4v) is 4.38. The monoisotopic (exact) mass is 572 g/mol. The molecule has 0 unspecified atom stereocenters. The largest absolute Gasteiger partial charge is 0.370 e. The standard InChI is InChI=1S/C20H26ClFN2.C9H9FN2.2C2H6/c1-5-17-9-10-18(13-19(17)22)15(3)23-20(14(2)21)16(4)24-11-7-6-8-12-24;1-6-3-7-5-12(2)11-9(7)4-8(6)10;2*1-2/h9-10,13H,4-8,11-12H2,1-3H3;3-5H,1-2H3;2*1-2H3/b20-14+,23-15?;;;. The highest BCUT2D eigenvalue weighted by molar-refractivity contribution is 6.30. The molecule has 1 aliphatic rings. The number of fused-ring (bicyclic) bond motifs is 1. The number of benzene rings is 2. The van der Waals surface area contributed by atoms with E-state index >= 15 is 0 Å². The van der Waals surface area contributed by atoms with Gasteiger partial charge < -0.3 is 4.90 Å². The van der Waals surface area contributed by atoms with E-state index in [1.807, 2.05) is 73.8 Å². The first-order valence-corrected chi connectivity index (χ1v) is 14.7. The molecule has 4 nitrogen and oxygen atoms in total. The molecule has 0 spiro atoms. The van der Waals surface area contributed by atoms with Crippen molar-refractivity contribution in [2.75, 3.05) is 13.1 Å². The molecule has 1 aromatic heterocycles. The summed E-state index contributed by atoms with van der Waals surface area (Å²) in [5, 5.41) is 5.68. The molecule has 0 atom stereocenters. The molecule has 0 amide bonds. The molecule has 0 aliphatic carbocycles. The number of aryl methyl sites for hydroxylation is 3. The number of aromatic nitrogens is 2. The topological polar surface area (TPSA) is 33.4 Å². The summed E-state index contributed by atoms with van der Waals surface area (Å²) in [5.74, 6) is -0.381. The Labute approximate surface area is 245 Å². The maximum Gasteiger partial charge on any atom is 0.128 e. The Kier molecular flexibility index (Phi) is 15.5. The summed E-state index contributed by atoms with van der Waals surface area (Å²) in [6.45, 7) is 21.6. The average Bonchev–Trinajstić information content (AvgIpc) is 3.32. The zero-order valence-corrected chi connectivity index (χ0v) is 26.6. The van der Waals surface area contributed by atoms with Gasteiger partial charge >= 0.3 is 0 Å². The van der Waals surface area contributed by atoms with Crippen LogP contribution >= 0.6 is 11.6 Å². The zero-order chi connectivity index (χ0) is 30.4. The zero-order valence-electron chi connectivity index (χ0n) is 25.8. The number of nitrogens with zero attached hydrogens (tertiary/aromatic N) is 4. The number of hydrogen-bond donors (Lipinski definition) is 0. The first-order valence-electron chi connectivity index (χ1n) is 14.3. The Morgan fingerprint density at radius 2 is 1.62 bits per heavy atom. The molecule has 40 heavy (non-hydrogen) atoms. The predicted octanol–water partition coefficient (Wildman–Crippen LogP) is 9.74. The Morgan fingerprint density at radius 3 is 2.17 bits per heavy atom. The van der Waals surface area contributed by atoms with E-state index < -0.39 is 0 Å². The molecule has 0 N–H and O–H groups in total. The van der Waals surface area contributed by atoms with Gasteiger partial charge in [-0.1, -0.05) is 64.9 Å². The molecule has 2 aromatic carbocycles. The highest BCUT2D eigenvalue weighted by atomic mass is 35.5. The Hall–Kier alpha value is -2.99. The van der Waals surface area contributed by atoms with E-state index in [4.69, 9.17) is 11.6 Å². The second kappa shape index (κ2) is 17.6. The van der Waals surface area contributed by atoms with Gasteiger partial charge in [-0.3, -0.25) is 4.68 Å². The van der Waals surface area contributed by atoms with Gasteiger partial charge in [-0.05, 0) is 75.3 Å². The molecule has 2 heterocycles. The number of hydrogen-bond acceptors (Lipinski definition) is 3. The van der Waals surface area contributed by atoms with E-state index in [1.54, 1.807) is 23.7 Å². The number of piperidine rings is 1. The Bertz CT molecular complexity index is 1260. The van der Waals surface area contributed by atoms with Crippen LogP contribution in [0.4, 0.5) is 8.78 Å². The first kappa shape index (κ1) is 35.0. The lowest BCUT2D eigenvalue weighted by molar-refractivity contribution is 0.290. The van der Waals surface area contributed by atoms with Crippen molar-refractivity contribution in [1.82, 2.24) is 14.7 Å². The molecule has 220 valence electrons. The summed E-state index contributed by atoms with van der Waals surface area (Å²) in [6.07, 6.45) is 6.15. The van der Waals surface area contributed by atoms with Gasteiger partial charge in [-0.2, -0.15) is 5.10 Å². The number of rotatable bonds is 5.